The first-order valence-electron chi connectivity index (χ1n) is 4.65. The van der Waals surface area contributed by atoms with Crippen molar-refractivity contribution in [2.45, 2.75) is 23.9 Å². The van der Waals surface area contributed by atoms with Crippen LogP contribution in [0.25, 0.3) is 0 Å². The van der Waals surface area contributed by atoms with Gasteiger partial charge in [0.2, 0.25) is 0 Å². The van der Waals surface area contributed by atoms with Gasteiger partial charge in [0.25, 0.3) is 0 Å². The van der Waals surface area contributed by atoms with Crippen LogP contribution in [0.2, 0.25) is 0 Å². The normalized spacial score (nSPS) is 12.2. The number of hydrogen-bond acceptors (Lipinski definition) is 0. The molecule has 0 radical (unpaired) electrons. The minimum Gasteiger partial charge on any atom is -0.195 e. The van der Waals surface area contributed by atoms with Gasteiger partial charge in [-0.15, -0.1) is 13.2 Å². The Morgan fingerprint density at radius 2 is 0.870 bits per heavy atom. The summed E-state index contributed by atoms with van der Waals surface area (Å²) >= 11 is 0. The van der Waals surface area contributed by atoms with Crippen LogP contribution in [0.1, 0.15) is 0 Å². The molecule has 0 aliphatic carbocycles. The first-order valence-corrected chi connectivity index (χ1v) is 4.65. The van der Waals surface area contributed by atoms with Crippen molar-refractivity contribution in [2.75, 3.05) is 0 Å². The molecule has 0 aliphatic rings. The molecule has 0 atom stereocenters. The van der Waals surface area contributed by atoms with Gasteiger partial charge in [0, 0.05) is 0 Å². The summed E-state index contributed by atoms with van der Waals surface area (Å²) < 4.78 is 148. The lowest BCUT2D eigenvalue weighted by atomic mass is 10.0. The fourth-order valence-corrected chi connectivity index (χ4v) is 0.516. The zero-order chi connectivity index (χ0) is 19.9. The molecule has 13 heteroatoms. The SMILES string of the molecule is C=C.C=CC(F)(F)C(F)(F)C(F)(F)C(F)(F)F.FC(F)=C(F)F. The molecule has 0 bridgehead atoms. The van der Waals surface area contributed by atoms with Crippen molar-refractivity contribution in [3.05, 3.63) is 38.0 Å². The highest BCUT2D eigenvalue weighted by atomic mass is 19.4. The fraction of sp³-hybridized carbons (Fsp3) is 0.400. The summed E-state index contributed by atoms with van der Waals surface area (Å²) in [4.78, 5) is 0. The van der Waals surface area contributed by atoms with Crippen molar-refractivity contribution in [3.63, 3.8) is 0 Å². The van der Waals surface area contributed by atoms with Crippen molar-refractivity contribution in [3.8, 4) is 0 Å². The van der Waals surface area contributed by atoms with Crippen LogP contribution in [-0.4, -0.2) is 23.9 Å². The molecule has 0 unspecified atom stereocenters. The van der Waals surface area contributed by atoms with Crippen LogP contribution in [0.5, 0.6) is 0 Å². The van der Waals surface area contributed by atoms with E-state index >= 15 is 0 Å². The van der Waals surface area contributed by atoms with Gasteiger partial charge in [0.1, 0.15) is 0 Å². The quantitative estimate of drug-likeness (QED) is 0.394. The lowest BCUT2D eigenvalue weighted by molar-refractivity contribution is -0.388. The molecule has 0 aromatic rings. The van der Waals surface area contributed by atoms with E-state index in [0.29, 0.717) is 0 Å². The molecule has 23 heavy (non-hydrogen) atoms. The van der Waals surface area contributed by atoms with Crippen molar-refractivity contribution < 1.29 is 57.1 Å². The van der Waals surface area contributed by atoms with E-state index in [-0.39, 0.29) is 0 Å². The van der Waals surface area contributed by atoms with Crippen LogP contribution in [0.15, 0.2) is 38.0 Å². The molecule has 138 valence electrons. The average molecular weight is 374 g/mol. The summed E-state index contributed by atoms with van der Waals surface area (Å²) in [6.07, 6.45) is -13.6. The summed E-state index contributed by atoms with van der Waals surface area (Å²) in [6, 6.07) is 0. The van der Waals surface area contributed by atoms with Gasteiger partial charge in [0.15, 0.2) is 0 Å². The van der Waals surface area contributed by atoms with E-state index in [1.807, 2.05) is 0 Å². The second kappa shape index (κ2) is 8.82. The smallest absolute Gasteiger partial charge is 0.195 e. The molecule has 0 aromatic carbocycles. The van der Waals surface area contributed by atoms with Crippen LogP contribution in [0.4, 0.5) is 57.1 Å². The van der Waals surface area contributed by atoms with Crippen LogP contribution in [-0.2, 0) is 0 Å². The number of rotatable bonds is 3. The summed E-state index contributed by atoms with van der Waals surface area (Å²) in [5.74, 6) is -19.1. The Bertz CT molecular complexity index is 385. The Morgan fingerprint density at radius 3 is 1.00 bits per heavy atom. The van der Waals surface area contributed by atoms with E-state index in [0.717, 1.165) is 0 Å². The topological polar surface area (TPSA) is 0 Å². The molecule has 0 aliphatic heterocycles. The molecule has 0 amide bonds. The van der Waals surface area contributed by atoms with E-state index in [2.05, 4.69) is 19.7 Å². The average Bonchev–Trinajstić information content (AvgIpc) is 2.39. The van der Waals surface area contributed by atoms with Gasteiger partial charge in [-0.05, 0) is 6.08 Å². The van der Waals surface area contributed by atoms with E-state index in [9.17, 15) is 57.1 Å². The first-order chi connectivity index (χ1) is 9.95. The Morgan fingerprint density at radius 1 is 0.609 bits per heavy atom. The second-order valence-electron chi connectivity index (χ2n) is 2.99. The van der Waals surface area contributed by atoms with Crippen molar-refractivity contribution in [1.29, 1.82) is 0 Å². The Hall–Kier alpha value is -1.69. The van der Waals surface area contributed by atoms with Crippen LogP contribution in [0.3, 0.4) is 0 Å². The lowest BCUT2D eigenvalue weighted by Crippen LogP contribution is -2.60. The molecule has 0 saturated heterocycles. The van der Waals surface area contributed by atoms with Crippen molar-refractivity contribution in [1.82, 2.24) is 0 Å². The minimum atomic E-state index is -6.84. The number of alkyl halides is 9. The van der Waals surface area contributed by atoms with Gasteiger partial charge in [-0.25, -0.2) is 0 Å². The molecule has 0 spiro atoms. The zero-order valence-electron chi connectivity index (χ0n) is 10.6. The second-order valence-corrected chi connectivity index (χ2v) is 2.99. The molecule has 0 rings (SSSR count). The molecular weight excluding hydrogens is 367 g/mol. The predicted molar refractivity (Wildman–Crippen MR) is 53.8 cm³/mol. The van der Waals surface area contributed by atoms with Crippen LogP contribution < -0.4 is 0 Å². The maximum absolute atomic E-state index is 12.2. The number of hydrogen-bond donors (Lipinski definition) is 0. The van der Waals surface area contributed by atoms with E-state index in [4.69, 9.17) is 0 Å². The van der Waals surface area contributed by atoms with Crippen molar-refractivity contribution >= 4 is 0 Å². The van der Waals surface area contributed by atoms with Gasteiger partial charge in [-0.2, -0.15) is 57.1 Å². The van der Waals surface area contributed by atoms with Crippen LogP contribution in [0, 0.1) is 0 Å². The summed E-state index contributed by atoms with van der Waals surface area (Å²) in [7, 11) is 0. The van der Waals surface area contributed by atoms with Gasteiger partial charge < -0.3 is 0 Å². The maximum Gasteiger partial charge on any atom is 0.460 e. The predicted octanol–water partition coefficient (Wildman–Crippen LogP) is 6.43. The van der Waals surface area contributed by atoms with Crippen molar-refractivity contribution in [2.24, 2.45) is 0 Å². The van der Waals surface area contributed by atoms with Gasteiger partial charge in [0.05, 0.1) is 0 Å². The molecule has 0 nitrogen and oxygen atoms in total. The van der Waals surface area contributed by atoms with E-state index in [1.54, 1.807) is 0 Å². The Balaban J connectivity index is -0.000000418. The largest absolute Gasteiger partial charge is 0.460 e. The van der Waals surface area contributed by atoms with E-state index in [1.165, 1.54) is 0 Å². The third kappa shape index (κ3) is 6.52. The Labute approximate surface area is 120 Å². The molecule has 0 heterocycles. The Kier molecular flexibility index (Phi) is 10.0. The highest BCUT2D eigenvalue weighted by Gasteiger charge is 2.80. The number of halogens is 13. The third-order valence-corrected chi connectivity index (χ3v) is 1.57. The number of allylic oxidation sites excluding steroid dienone is 1. The first kappa shape index (κ1) is 26.2. The van der Waals surface area contributed by atoms with Gasteiger partial charge >= 0.3 is 36.1 Å². The molecular formula is C10H7F13. The summed E-state index contributed by atoms with van der Waals surface area (Å²) in [5, 5.41) is 0. The standard InChI is InChI=1S/C6H3F9.C2F4.C2H4/c1-2-3(7,8)4(9,10)5(11,12)6(13,14)15;3-1(4)2(5)6;1-2/h2H,1H2;;1-2H2. The highest BCUT2D eigenvalue weighted by molar-refractivity contribution is 5.07. The summed E-state index contributed by atoms with van der Waals surface area (Å²) in [5.41, 5.74) is 0. The molecule has 0 N–H and O–H groups in total. The summed E-state index contributed by atoms with van der Waals surface area (Å²) in [6.45, 7) is 8.06. The van der Waals surface area contributed by atoms with Crippen LogP contribution >= 0.6 is 0 Å². The van der Waals surface area contributed by atoms with Gasteiger partial charge in [-0.3, -0.25) is 0 Å². The highest BCUT2D eigenvalue weighted by Crippen LogP contribution is 2.53. The monoisotopic (exact) mass is 374 g/mol. The third-order valence-electron chi connectivity index (χ3n) is 1.57. The lowest BCUT2D eigenvalue weighted by Gasteiger charge is -2.31. The molecule has 0 saturated carbocycles. The fourth-order valence-electron chi connectivity index (χ4n) is 0.516. The molecule has 0 fully saturated rings. The minimum absolute atomic E-state index is 0.966. The molecule has 0 aromatic heterocycles. The van der Waals surface area contributed by atoms with E-state index < -0.39 is 42.2 Å². The zero-order valence-corrected chi connectivity index (χ0v) is 10.6. The maximum atomic E-state index is 12.2. The van der Waals surface area contributed by atoms with Gasteiger partial charge in [-0.1, -0.05) is 6.58 Å².